The van der Waals surface area contributed by atoms with E-state index in [1.165, 1.54) is 20.5 Å². The lowest BCUT2D eigenvalue weighted by atomic mass is 10.00. The van der Waals surface area contributed by atoms with Crippen molar-refractivity contribution < 1.29 is 4.74 Å². The standard InChI is InChI=1S/C14H16ClNOS/c1-8-3-4-10-13(14(8)15)12-9(7-16-2)17-6-5-11(12)18-10/h3-4,9,16H,5-7H2,1-2H3. The number of nitrogens with one attached hydrogen (secondary N) is 1. The molecular formula is C14H16ClNOS. The van der Waals surface area contributed by atoms with Gasteiger partial charge in [0, 0.05) is 33.5 Å². The van der Waals surface area contributed by atoms with Gasteiger partial charge in [-0.05, 0) is 25.6 Å². The molecule has 1 aromatic heterocycles. The zero-order valence-electron chi connectivity index (χ0n) is 10.5. The molecule has 2 heterocycles. The highest BCUT2D eigenvalue weighted by Gasteiger charge is 2.26. The Morgan fingerprint density at radius 1 is 1.50 bits per heavy atom. The molecule has 0 bridgehead atoms. The second kappa shape index (κ2) is 4.82. The Morgan fingerprint density at radius 3 is 3.11 bits per heavy atom. The number of aryl methyl sites for hydroxylation is 1. The van der Waals surface area contributed by atoms with Gasteiger partial charge in [0.2, 0.25) is 0 Å². The van der Waals surface area contributed by atoms with Crippen molar-refractivity contribution in [3.8, 4) is 0 Å². The second-order valence-corrected chi connectivity index (χ2v) is 6.19. The van der Waals surface area contributed by atoms with Crippen LogP contribution in [0, 0.1) is 6.92 Å². The van der Waals surface area contributed by atoms with E-state index in [0.29, 0.717) is 0 Å². The van der Waals surface area contributed by atoms with Gasteiger partial charge < -0.3 is 10.1 Å². The number of halogens is 1. The molecule has 0 radical (unpaired) electrons. The molecule has 4 heteroatoms. The third-order valence-electron chi connectivity index (χ3n) is 3.46. The van der Waals surface area contributed by atoms with Crippen molar-refractivity contribution in [2.75, 3.05) is 20.2 Å². The van der Waals surface area contributed by atoms with Crippen molar-refractivity contribution in [1.82, 2.24) is 5.32 Å². The van der Waals surface area contributed by atoms with Gasteiger partial charge >= 0.3 is 0 Å². The Kier molecular flexibility index (Phi) is 3.32. The van der Waals surface area contributed by atoms with Crippen LogP contribution in [0.1, 0.15) is 22.1 Å². The Morgan fingerprint density at radius 2 is 2.33 bits per heavy atom. The van der Waals surface area contributed by atoms with Gasteiger partial charge in [0.05, 0.1) is 17.7 Å². The van der Waals surface area contributed by atoms with Gasteiger partial charge in [-0.3, -0.25) is 0 Å². The van der Waals surface area contributed by atoms with Crippen molar-refractivity contribution in [2.45, 2.75) is 19.4 Å². The summed E-state index contributed by atoms with van der Waals surface area (Å²) in [5, 5.41) is 5.29. The molecule has 0 saturated carbocycles. The second-order valence-electron chi connectivity index (χ2n) is 4.68. The fourth-order valence-electron chi connectivity index (χ4n) is 2.58. The summed E-state index contributed by atoms with van der Waals surface area (Å²) in [4.78, 5) is 1.43. The maximum atomic E-state index is 6.50. The number of thiophene rings is 1. The number of likely N-dealkylation sites (N-methyl/N-ethyl adjacent to an activating group) is 1. The molecule has 1 atom stereocenters. The van der Waals surface area contributed by atoms with Crippen molar-refractivity contribution >= 4 is 33.0 Å². The van der Waals surface area contributed by atoms with E-state index in [2.05, 4.69) is 24.4 Å². The molecule has 96 valence electrons. The van der Waals surface area contributed by atoms with Crippen LogP contribution in [0.25, 0.3) is 10.1 Å². The lowest BCUT2D eigenvalue weighted by Gasteiger charge is -2.24. The summed E-state index contributed by atoms with van der Waals surface area (Å²) in [6.45, 7) is 3.70. The molecule has 1 aliphatic heterocycles. The Bertz CT molecular complexity index is 593. The predicted octanol–water partition coefficient (Wildman–Crippen LogP) is 3.70. The van der Waals surface area contributed by atoms with Crippen molar-refractivity contribution in [3.63, 3.8) is 0 Å². The third-order valence-corrected chi connectivity index (χ3v) is 5.18. The molecule has 2 nitrogen and oxygen atoms in total. The number of hydrogen-bond donors (Lipinski definition) is 1. The first kappa shape index (κ1) is 12.4. The summed E-state index contributed by atoms with van der Waals surface area (Å²) in [5.41, 5.74) is 2.45. The fourth-order valence-corrected chi connectivity index (χ4v) is 4.14. The van der Waals surface area contributed by atoms with E-state index in [1.54, 1.807) is 0 Å². The van der Waals surface area contributed by atoms with Crippen molar-refractivity contribution in [2.24, 2.45) is 0 Å². The Hall–Kier alpha value is -0.610. The van der Waals surface area contributed by atoms with Gasteiger partial charge in [-0.1, -0.05) is 17.7 Å². The third kappa shape index (κ3) is 1.86. The molecule has 0 spiro atoms. The fraction of sp³-hybridized carbons (Fsp3) is 0.429. The first-order valence-corrected chi connectivity index (χ1v) is 7.38. The minimum Gasteiger partial charge on any atom is -0.372 e. The number of benzene rings is 1. The first-order valence-electron chi connectivity index (χ1n) is 6.19. The van der Waals surface area contributed by atoms with Crippen LogP contribution < -0.4 is 5.32 Å². The monoisotopic (exact) mass is 281 g/mol. The summed E-state index contributed by atoms with van der Waals surface area (Å²) >= 11 is 8.36. The van der Waals surface area contributed by atoms with Crippen LogP contribution in [0.2, 0.25) is 5.02 Å². The lowest BCUT2D eigenvalue weighted by molar-refractivity contribution is 0.0462. The smallest absolute Gasteiger partial charge is 0.0966 e. The van der Waals surface area contributed by atoms with Crippen LogP contribution in [0.5, 0.6) is 0 Å². The predicted molar refractivity (Wildman–Crippen MR) is 77.9 cm³/mol. The molecule has 1 aromatic carbocycles. The van der Waals surface area contributed by atoms with Crippen LogP contribution in [0.3, 0.4) is 0 Å². The average molecular weight is 282 g/mol. The van der Waals surface area contributed by atoms with E-state index in [9.17, 15) is 0 Å². The molecule has 1 N–H and O–H groups in total. The first-order chi connectivity index (χ1) is 8.72. The minimum atomic E-state index is 0.131. The highest BCUT2D eigenvalue weighted by molar-refractivity contribution is 7.19. The summed E-state index contributed by atoms with van der Waals surface area (Å²) in [6, 6.07) is 4.27. The summed E-state index contributed by atoms with van der Waals surface area (Å²) in [5.74, 6) is 0. The van der Waals surface area contributed by atoms with E-state index in [1.807, 2.05) is 18.4 Å². The van der Waals surface area contributed by atoms with E-state index in [4.69, 9.17) is 16.3 Å². The highest BCUT2D eigenvalue weighted by atomic mass is 35.5. The van der Waals surface area contributed by atoms with Gasteiger partial charge in [-0.2, -0.15) is 0 Å². The molecule has 0 saturated heterocycles. The normalized spacial score (nSPS) is 19.2. The van der Waals surface area contributed by atoms with E-state index in [-0.39, 0.29) is 6.10 Å². The van der Waals surface area contributed by atoms with Gasteiger partial charge in [-0.25, -0.2) is 0 Å². The van der Waals surface area contributed by atoms with Crippen molar-refractivity contribution in [1.29, 1.82) is 0 Å². The molecular weight excluding hydrogens is 266 g/mol. The summed E-state index contributed by atoms with van der Waals surface area (Å²) in [6.07, 6.45) is 1.14. The quantitative estimate of drug-likeness (QED) is 0.906. The lowest BCUT2D eigenvalue weighted by Crippen LogP contribution is -2.24. The van der Waals surface area contributed by atoms with E-state index >= 15 is 0 Å². The van der Waals surface area contributed by atoms with Crippen LogP contribution in [-0.2, 0) is 11.2 Å². The zero-order chi connectivity index (χ0) is 12.7. The number of rotatable bonds is 2. The molecule has 1 unspecified atom stereocenters. The van der Waals surface area contributed by atoms with Crippen LogP contribution >= 0.6 is 22.9 Å². The van der Waals surface area contributed by atoms with Gasteiger partial charge in [0.25, 0.3) is 0 Å². The molecule has 1 aliphatic rings. The van der Waals surface area contributed by atoms with Crippen LogP contribution in [0.15, 0.2) is 12.1 Å². The molecule has 0 fully saturated rings. The maximum Gasteiger partial charge on any atom is 0.0966 e. The Labute approximate surface area is 116 Å². The zero-order valence-corrected chi connectivity index (χ0v) is 12.1. The highest BCUT2D eigenvalue weighted by Crippen LogP contribution is 2.43. The Balaban J connectivity index is 2.25. The summed E-state index contributed by atoms with van der Waals surface area (Å²) in [7, 11) is 1.96. The van der Waals surface area contributed by atoms with Gasteiger partial charge in [0.15, 0.2) is 0 Å². The van der Waals surface area contributed by atoms with E-state index in [0.717, 1.165) is 30.2 Å². The molecule has 0 amide bonds. The van der Waals surface area contributed by atoms with Crippen molar-refractivity contribution in [3.05, 3.63) is 33.2 Å². The minimum absolute atomic E-state index is 0.131. The molecule has 18 heavy (non-hydrogen) atoms. The molecule has 3 rings (SSSR count). The van der Waals surface area contributed by atoms with Gasteiger partial charge in [0.1, 0.15) is 0 Å². The van der Waals surface area contributed by atoms with Gasteiger partial charge in [-0.15, -0.1) is 11.3 Å². The molecule has 2 aromatic rings. The SMILES string of the molecule is CNCC1OCCc2sc3ccc(C)c(Cl)c3c21. The topological polar surface area (TPSA) is 21.3 Å². The molecule has 0 aliphatic carbocycles. The maximum absolute atomic E-state index is 6.50. The number of fused-ring (bicyclic) bond motifs is 3. The number of ether oxygens (including phenoxy) is 1. The van der Waals surface area contributed by atoms with E-state index < -0.39 is 0 Å². The number of hydrogen-bond acceptors (Lipinski definition) is 3. The summed E-state index contributed by atoms with van der Waals surface area (Å²) < 4.78 is 7.17. The largest absolute Gasteiger partial charge is 0.372 e. The average Bonchev–Trinajstić information content (AvgIpc) is 2.74. The van der Waals surface area contributed by atoms with Crippen LogP contribution in [-0.4, -0.2) is 20.2 Å². The van der Waals surface area contributed by atoms with Crippen LogP contribution in [0.4, 0.5) is 0 Å².